The number of hydrogen-bond donors (Lipinski definition) is 1. The minimum absolute atomic E-state index is 0.131. The van der Waals surface area contributed by atoms with Crippen LogP contribution in [0, 0.1) is 0 Å². The van der Waals surface area contributed by atoms with Gasteiger partial charge >= 0.3 is 21.5 Å². The van der Waals surface area contributed by atoms with Crippen molar-refractivity contribution in [1.82, 2.24) is 0 Å². The minimum atomic E-state index is -6.36. The normalized spacial score (nSPS) is 14.1. The summed E-state index contributed by atoms with van der Waals surface area (Å²) in [5.41, 5.74) is -1.83. The third-order valence-corrected chi connectivity index (χ3v) is 4.38. The molecule has 0 atom stereocenters. The SMILES string of the molecule is CC(C)(OC(F)(F)C(F)(F)S(=O)(=O)O)c1ccc2ccccc2c1. The molecule has 0 aliphatic rings. The molecule has 0 aliphatic heterocycles. The fourth-order valence-electron chi connectivity index (χ4n) is 2.15. The first-order valence-electron chi connectivity index (χ1n) is 6.70. The Morgan fingerprint density at radius 2 is 1.50 bits per heavy atom. The molecule has 0 bridgehead atoms. The summed E-state index contributed by atoms with van der Waals surface area (Å²) in [6, 6.07) is 11.4. The molecule has 24 heavy (non-hydrogen) atoms. The van der Waals surface area contributed by atoms with Gasteiger partial charge in [-0.25, -0.2) is 0 Å². The van der Waals surface area contributed by atoms with Crippen molar-refractivity contribution in [3.8, 4) is 0 Å². The molecule has 4 nitrogen and oxygen atoms in total. The third kappa shape index (κ3) is 3.24. The standard InChI is InChI=1S/C15H14F4O4S/c1-13(2,23-14(16,17)15(18,19)24(20,21)22)12-8-7-10-5-3-4-6-11(10)9-12/h3-9H,1-2H3,(H,20,21,22). The molecule has 0 aromatic heterocycles. The minimum Gasteiger partial charge on any atom is -0.304 e. The second-order valence-electron chi connectivity index (χ2n) is 5.68. The van der Waals surface area contributed by atoms with E-state index in [1.54, 1.807) is 30.3 Å². The predicted molar refractivity (Wildman–Crippen MR) is 79.5 cm³/mol. The van der Waals surface area contributed by atoms with Crippen LogP contribution < -0.4 is 0 Å². The lowest BCUT2D eigenvalue weighted by Crippen LogP contribution is -2.51. The van der Waals surface area contributed by atoms with Crippen molar-refractivity contribution < 1.29 is 35.3 Å². The van der Waals surface area contributed by atoms with Gasteiger partial charge in [0.1, 0.15) is 0 Å². The molecule has 132 valence electrons. The summed E-state index contributed by atoms with van der Waals surface area (Å²) >= 11 is 0. The maximum Gasteiger partial charge on any atom is 0.459 e. The highest BCUT2D eigenvalue weighted by atomic mass is 32.2. The van der Waals surface area contributed by atoms with Gasteiger partial charge < -0.3 is 4.74 Å². The van der Waals surface area contributed by atoms with Crippen molar-refractivity contribution >= 4 is 20.9 Å². The van der Waals surface area contributed by atoms with Crippen LogP contribution in [0.5, 0.6) is 0 Å². The molecule has 9 heteroatoms. The highest BCUT2D eigenvalue weighted by Crippen LogP contribution is 2.44. The number of halogens is 4. The van der Waals surface area contributed by atoms with Gasteiger partial charge in [0.15, 0.2) is 0 Å². The zero-order valence-electron chi connectivity index (χ0n) is 12.6. The van der Waals surface area contributed by atoms with Gasteiger partial charge in [0.05, 0.1) is 5.60 Å². The van der Waals surface area contributed by atoms with Crippen molar-refractivity contribution in [2.45, 2.75) is 30.8 Å². The average molecular weight is 366 g/mol. The Bertz CT molecular complexity index is 863. The average Bonchev–Trinajstić information content (AvgIpc) is 2.44. The zero-order valence-corrected chi connectivity index (χ0v) is 13.5. The maximum atomic E-state index is 13.7. The monoisotopic (exact) mass is 366 g/mol. The molecular formula is C15H14F4O4S. The molecule has 1 N–H and O–H groups in total. The van der Waals surface area contributed by atoms with E-state index in [9.17, 15) is 26.0 Å². The fourth-order valence-corrected chi connectivity index (χ4v) is 2.49. The predicted octanol–water partition coefficient (Wildman–Crippen LogP) is 4.16. The van der Waals surface area contributed by atoms with E-state index in [0.717, 1.165) is 19.2 Å². The smallest absolute Gasteiger partial charge is 0.304 e. The molecule has 2 aromatic carbocycles. The number of rotatable bonds is 5. The highest BCUT2D eigenvalue weighted by molar-refractivity contribution is 7.86. The molecule has 0 heterocycles. The van der Waals surface area contributed by atoms with E-state index in [-0.39, 0.29) is 5.56 Å². The molecule has 0 spiro atoms. The molecule has 0 unspecified atom stereocenters. The van der Waals surface area contributed by atoms with Crippen LogP contribution in [0.1, 0.15) is 19.4 Å². The lowest BCUT2D eigenvalue weighted by atomic mass is 9.95. The van der Waals surface area contributed by atoms with E-state index in [2.05, 4.69) is 4.74 Å². The van der Waals surface area contributed by atoms with E-state index in [1.807, 2.05) is 0 Å². The van der Waals surface area contributed by atoms with E-state index in [0.29, 0.717) is 5.39 Å². The van der Waals surface area contributed by atoms with E-state index in [1.165, 1.54) is 12.1 Å². The fraction of sp³-hybridized carbons (Fsp3) is 0.333. The molecule has 0 aliphatic carbocycles. The second-order valence-corrected chi connectivity index (χ2v) is 7.15. The van der Waals surface area contributed by atoms with E-state index < -0.39 is 27.1 Å². The van der Waals surface area contributed by atoms with Crippen molar-refractivity contribution in [1.29, 1.82) is 0 Å². The van der Waals surface area contributed by atoms with Crippen LogP contribution in [0.25, 0.3) is 10.8 Å². The van der Waals surface area contributed by atoms with Gasteiger partial charge in [-0.3, -0.25) is 4.55 Å². The van der Waals surface area contributed by atoms with Gasteiger partial charge in [0.2, 0.25) is 0 Å². The summed E-state index contributed by atoms with van der Waals surface area (Å²) in [6.45, 7) is 2.18. The first-order valence-corrected chi connectivity index (χ1v) is 8.14. The molecule has 2 aromatic rings. The van der Waals surface area contributed by atoms with Crippen LogP contribution >= 0.6 is 0 Å². The summed E-state index contributed by atoms with van der Waals surface area (Å²) in [4.78, 5) is 0. The van der Waals surface area contributed by atoms with Crippen molar-refractivity contribution in [2.24, 2.45) is 0 Å². The van der Waals surface area contributed by atoms with Crippen LogP contribution in [0.15, 0.2) is 42.5 Å². The van der Waals surface area contributed by atoms with Gasteiger partial charge in [-0.15, -0.1) is 0 Å². The van der Waals surface area contributed by atoms with Gasteiger partial charge in [0.25, 0.3) is 0 Å². The Balaban J connectivity index is 2.42. The first kappa shape index (κ1) is 18.6. The van der Waals surface area contributed by atoms with Gasteiger partial charge in [-0.05, 0) is 36.2 Å². The van der Waals surface area contributed by atoms with Crippen molar-refractivity contribution in [3.63, 3.8) is 0 Å². The van der Waals surface area contributed by atoms with E-state index >= 15 is 0 Å². The van der Waals surface area contributed by atoms with Crippen LogP contribution in [0.3, 0.4) is 0 Å². The largest absolute Gasteiger partial charge is 0.459 e. The number of alkyl halides is 4. The number of benzene rings is 2. The van der Waals surface area contributed by atoms with Gasteiger partial charge in [-0.2, -0.15) is 26.0 Å². The summed E-state index contributed by atoms with van der Waals surface area (Å²) in [6.07, 6.45) is -5.43. The number of fused-ring (bicyclic) bond motifs is 1. The lowest BCUT2D eigenvalue weighted by Gasteiger charge is -2.33. The van der Waals surface area contributed by atoms with Gasteiger partial charge in [-0.1, -0.05) is 36.4 Å². The molecular weight excluding hydrogens is 352 g/mol. The van der Waals surface area contributed by atoms with E-state index in [4.69, 9.17) is 4.55 Å². The molecule has 0 radical (unpaired) electrons. The van der Waals surface area contributed by atoms with Crippen LogP contribution in [-0.2, 0) is 20.5 Å². The zero-order chi connectivity index (χ0) is 18.4. The summed E-state index contributed by atoms with van der Waals surface area (Å²) in [5, 5.41) is -4.32. The van der Waals surface area contributed by atoms with Gasteiger partial charge in [0, 0.05) is 0 Å². The quantitative estimate of drug-likeness (QED) is 0.637. The van der Waals surface area contributed by atoms with Crippen LogP contribution in [-0.4, -0.2) is 24.3 Å². The number of hydrogen-bond acceptors (Lipinski definition) is 3. The van der Waals surface area contributed by atoms with Crippen molar-refractivity contribution in [2.75, 3.05) is 0 Å². The summed E-state index contributed by atoms with van der Waals surface area (Å²) < 4.78 is 87.5. The maximum absolute atomic E-state index is 13.7. The van der Waals surface area contributed by atoms with Crippen LogP contribution in [0.2, 0.25) is 0 Å². The molecule has 0 saturated carbocycles. The molecule has 0 amide bonds. The second kappa shape index (κ2) is 5.68. The lowest BCUT2D eigenvalue weighted by molar-refractivity contribution is -0.355. The third-order valence-electron chi connectivity index (χ3n) is 3.49. The Kier molecular flexibility index (Phi) is 4.41. The van der Waals surface area contributed by atoms with Crippen LogP contribution in [0.4, 0.5) is 17.6 Å². The Morgan fingerprint density at radius 3 is 2.04 bits per heavy atom. The summed E-state index contributed by atoms with van der Waals surface area (Å²) in [5.74, 6) is 0. The summed E-state index contributed by atoms with van der Waals surface area (Å²) in [7, 11) is -6.36. The highest BCUT2D eigenvalue weighted by Gasteiger charge is 2.69. The Morgan fingerprint density at radius 1 is 0.958 bits per heavy atom. The van der Waals surface area contributed by atoms with Crippen molar-refractivity contribution in [3.05, 3.63) is 48.0 Å². The number of ether oxygens (including phenoxy) is 1. The first-order chi connectivity index (χ1) is 10.8. The topological polar surface area (TPSA) is 63.6 Å². The molecule has 2 rings (SSSR count). The Labute approximate surface area is 135 Å². The molecule has 0 saturated heterocycles. The molecule has 0 fully saturated rings. The Hall–Kier alpha value is -1.71.